The molecular formula is C24H23ClN2O4S. The molecule has 166 valence electrons. The molecule has 0 spiro atoms. The summed E-state index contributed by atoms with van der Waals surface area (Å²) in [5.74, 6) is 0.579. The Morgan fingerprint density at radius 3 is 2.38 bits per heavy atom. The molecule has 1 atom stereocenters. The molecular weight excluding hydrogens is 448 g/mol. The summed E-state index contributed by atoms with van der Waals surface area (Å²) in [5.41, 5.74) is 1.63. The van der Waals surface area contributed by atoms with E-state index in [9.17, 15) is 9.59 Å². The molecule has 32 heavy (non-hydrogen) atoms. The molecule has 0 aromatic heterocycles. The number of amides is 2. The first-order chi connectivity index (χ1) is 15.4. The highest BCUT2D eigenvalue weighted by molar-refractivity contribution is 8.00. The molecule has 0 saturated heterocycles. The number of nitrogens with one attached hydrogen (secondary N) is 2. The van der Waals surface area contributed by atoms with Gasteiger partial charge in [-0.3, -0.25) is 9.59 Å². The quantitative estimate of drug-likeness (QED) is 0.411. The van der Waals surface area contributed by atoms with Crippen molar-refractivity contribution in [1.29, 1.82) is 0 Å². The Bertz CT molecular complexity index is 1120. The van der Waals surface area contributed by atoms with Gasteiger partial charge in [0.25, 0.3) is 5.91 Å². The van der Waals surface area contributed by atoms with Crippen molar-refractivity contribution in [2.45, 2.75) is 17.1 Å². The number of methoxy groups -OCH3 is 2. The first-order valence-electron chi connectivity index (χ1n) is 9.76. The number of rotatable bonds is 8. The number of hydrogen-bond donors (Lipinski definition) is 2. The molecule has 2 N–H and O–H groups in total. The molecule has 2 amide bonds. The van der Waals surface area contributed by atoms with Gasteiger partial charge in [0.1, 0.15) is 0 Å². The van der Waals surface area contributed by atoms with E-state index in [4.69, 9.17) is 21.1 Å². The van der Waals surface area contributed by atoms with Crippen LogP contribution in [-0.4, -0.2) is 31.3 Å². The molecule has 1 unspecified atom stereocenters. The van der Waals surface area contributed by atoms with Gasteiger partial charge in [-0.15, -0.1) is 11.8 Å². The zero-order valence-electron chi connectivity index (χ0n) is 17.8. The highest BCUT2D eigenvalue weighted by Gasteiger charge is 2.16. The maximum atomic E-state index is 12.7. The van der Waals surface area contributed by atoms with Crippen LogP contribution in [0.25, 0.3) is 0 Å². The fourth-order valence-corrected chi connectivity index (χ4v) is 3.99. The number of ether oxygens (including phenoxy) is 2. The summed E-state index contributed by atoms with van der Waals surface area (Å²) in [6, 6.07) is 19.4. The molecule has 3 rings (SSSR count). The maximum absolute atomic E-state index is 12.7. The third-order valence-electron chi connectivity index (χ3n) is 4.55. The number of benzene rings is 3. The molecule has 0 fully saturated rings. The molecule has 0 heterocycles. The second-order valence-corrected chi connectivity index (χ2v) is 8.60. The maximum Gasteiger partial charge on any atom is 0.255 e. The van der Waals surface area contributed by atoms with Crippen LogP contribution >= 0.6 is 23.4 Å². The van der Waals surface area contributed by atoms with Crippen molar-refractivity contribution in [2.75, 3.05) is 24.9 Å². The predicted octanol–water partition coefficient (Wildman–Crippen LogP) is 5.73. The van der Waals surface area contributed by atoms with Crippen molar-refractivity contribution in [2.24, 2.45) is 0 Å². The fraction of sp³-hybridized carbons (Fsp3) is 0.167. The van der Waals surface area contributed by atoms with Gasteiger partial charge in [0.2, 0.25) is 5.91 Å². The SMILES string of the molecule is COc1ccc(C(=O)Nc2cccc(SC(C)C(=O)Nc3ccccc3Cl)c2)cc1OC. The molecule has 0 bridgehead atoms. The number of halogens is 1. The van der Waals surface area contributed by atoms with Crippen molar-refractivity contribution in [1.82, 2.24) is 0 Å². The van der Waals surface area contributed by atoms with Crippen LogP contribution in [0, 0.1) is 0 Å². The normalized spacial score (nSPS) is 11.4. The van der Waals surface area contributed by atoms with Gasteiger partial charge in [0.15, 0.2) is 11.5 Å². The zero-order valence-corrected chi connectivity index (χ0v) is 19.4. The Morgan fingerprint density at radius 2 is 1.66 bits per heavy atom. The Hall–Kier alpha value is -3.16. The third kappa shape index (κ3) is 5.96. The van der Waals surface area contributed by atoms with Gasteiger partial charge in [-0.25, -0.2) is 0 Å². The topological polar surface area (TPSA) is 76.7 Å². The van der Waals surface area contributed by atoms with Crippen molar-refractivity contribution in [3.05, 3.63) is 77.3 Å². The lowest BCUT2D eigenvalue weighted by Crippen LogP contribution is -2.22. The first kappa shape index (κ1) is 23.5. The molecule has 0 aliphatic carbocycles. The smallest absolute Gasteiger partial charge is 0.255 e. The van der Waals surface area contributed by atoms with E-state index >= 15 is 0 Å². The van der Waals surface area contributed by atoms with Gasteiger partial charge in [-0.05, 0) is 55.5 Å². The summed E-state index contributed by atoms with van der Waals surface area (Å²) in [7, 11) is 3.06. The van der Waals surface area contributed by atoms with E-state index in [1.807, 2.05) is 31.2 Å². The fourth-order valence-electron chi connectivity index (χ4n) is 2.88. The number of thioether (sulfide) groups is 1. The van der Waals surface area contributed by atoms with Gasteiger partial charge in [0, 0.05) is 16.1 Å². The van der Waals surface area contributed by atoms with E-state index in [1.165, 1.54) is 26.0 Å². The number of para-hydroxylation sites is 1. The van der Waals surface area contributed by atoms with Crippen LogP contribution in [0.3, 0.4) is 0 Å². The lowest BCUT2D eigenvalue weighted by molar-refractivity contribution is -0.115. The molecule has 3 aromatic carbocycles. The standard InChI is InChI=1S/C24H23ClN2O4S/c1-15(23(28)27-20-10-5-4-9-19(20)25)32-18-8-6-7-17(14-18)26-24(29)16-11-12-21(30-2)22(13-16)31-3/h4-15H,1-3H3,(H,26,29)(H,27,28). The third-order valence-corrected chi connectivity index (χ3v) is 5.97. The van der Waals surface area contributed by atoms with Crippen molar-refractivity contribution in [3.8, 4) is 11.5 Å². The van der Waals surface area contributed by atoms with Gasteiger partial charge >= 0.3 is 0 Å². The van der Waals surface area contributed by atoms with E-state index in [-0.39, 0.29) is 17.1 Å². The van der Waals surface area contributed by atoms with Crippen LogP contribution in [0.2, 0.25) is 5.02 Å². The lowest BCUT2D eigenvalue weighted by atomic mass is 10.2. The summed E-state index contributed by atoms with van der Waals surface area (Å²) >= 11 is 7.49. The van der Waals surface area contributed by atoms with Crippen LogP contribution in [0.15, 0.2) is 71.6 Å². The number of carbonyl (C=O) groups is 2. The molecule has 3 aromatic rings. The monoisotopic (exact) mass is 470 g/mol. The summed E-state index contributed by atoms with van der Waals surface area (Å²) < 4.78 is 10.5. The van der Waals surface area contributed by atoms with Gasteiger partial charge in [-0.1, -0.05) is 29.8 Å². The molecule has 0 aliphatic heterocycles. The van der Waals surface area contributed by atoms with Crippen LogP contribution in [-0.2, 0) is 4.79 Å². The summed E-state index contributed by atoms with van der Waals surface area (Å²) in [4.78, 5) is 26.1. The second-order valence-electron chi connectivity index (χ2n) is 6.78. The number of carbonyl (C=O) groups excluding carboxylic acids is 2. The number of anilines is 2. The van der Waals surface area contributed by atoms with Gasteiger partial charge < -0.3 is 20.1 Å². The van der Waals surface area contributed by atoms with Crippen LogP contribution in [0.1, 0.15) is 17.3 Å². The number of hydrogen-bond acceptors (Lipinski definition) is 5. The van der Waals surface area contributed by atoms with Crippen LogP contribution < -0.4 is 20.1 Å². The predicted molar refractivity (Wildman–Crippen MR) is 129 cm³/mol. The first-order valence-corrected chi connectivity index (χ1v) is 11.0. The highest BCUT2D eigenvalue weighted by atomic mass is 35.5. The Labute approximate surface area is 196 Å². The Balaban J connectivity index is 1.65. The zero-order chi connectivity index (χ0) is 23.1. The Kier molecular flexibility index (Phi) is 8.03. The minimum Gasteiger partial charge on any atom is -0.493 e. The lowest BCUT2D eigenvalue weighted by Gasteiger charge is -2.14. The molecule has 0 radical (unpaired) electrons. The van der Waals surface area contributed by atoms with Crippen molar-refractivity contribution >= 4 is 46.6 Å². The largest absolute Gasteiger partial charge is 0.493 e. The van der Waals surface area contributed by atoms with E-state index in [0.29, 0.717) is 33.5 Å². The van der Waals surface area contributed by atoms with Crippen LogP contribution in [0.4, 0.5) is 11.4 Å². The van der Waals surface area contributed by atoms with E-state index < -0.39 is 0 Å². The molecule has 6 nitrogen and oxygen atoms in total. The molecule has 0 saturated carbocycles. The van der Waals surface area contributed by atoms with Gasteiger partial charge in [0.05, 0.1) is 30.2 Å². The second kappa shape index (κ2) is 10.9. The van der Waals surface area contributed by atoms with E-state index in [1.54, 1.807) is 42.5 Å². The van der Waals surface area contributed by atoms with Crippen LogP contribution in [0.5, 0.6) is 11.5 Å². The minimum absolute atomic E-state index is 0.164. The average molecular weight is 471 g/mol. The summed E-state index contributed by atoms with van der Waals surface area (Å²) in [6.45, 7) is 1.81. The van der Waals surface area contributed by atoms with Crippen molar-refractivity contribution in [3.63, 3.8) is 0 Å². The Morgan fingerprint density at radius 1 is 0.906 bits per heavy atom. The highest BCUT2D eigenvalue weighted by Crippen LogP contribution is 2.30. The van der Waals surface area contributed by atoms with E-state index in [0.717, 1.165) is 4.90 Å². The summed E-state index contributed by atoms with van der Waals surface area (Å²) in [5, 5.41) is 5.82. The molecule has 0 aliphatic rings. The van der Waals surface area contributed by atoms with E-state index in [2.05, 4.69) is 10.6 Å². The summed E-state index contributed by atoms with van der Waals surface area (Å²) in [6.07, 6.45) is 0. The van der Waals surface area contributed by atoms with Gasteiger partial charge in [-0.2, -0.15) is 0 Å². The van der Waals surface area contributed by atoms with Crippen molar-refractivity contribution < 1.29 is 19.1 Å². The average Bonchev–Trinajstić information content (AvgIpc) is 2.80. The molecule has 8 heteroatoms. The minimum atomic E-state index is -0.372.